The van der Waals surface area contributed by atoms with E-state index in [1.54, 1.807) is 25.3 Å². The van der Waals surface area contributed by atoms with Crippen LogP contribution in [0.3, 0.4) is 0 Å². The van der Waals surface area contributed by atoms with Crippen molar-refractivity contribution in [3.05, 3.63) is 54.0 Å². The molecule has 0 bridgehead atoms. The minimum atomic E-state index is -0.0724. The summed E-state index contributed by atoms with van der Waals surface area (Å²) in [5.74, 6) is 3.00. The molecule has 0 radical (unpaired) electrons. The maximum Gasteiger partial charge on any atom is 0.209 e. The van der Waals surface area contributed by atoms with Gasteiger partial charge in [0.05, 0.1) is 35.1 Å². The molecule has 0 aliphatic carbocycles. The van der Waals surface area contributed by atoms with Crippen LogP contribution in [0.5, 0.6) is 11.5 Å². The van der Waals surface area contributed by atoms with Crippen LogP contribution in [0.4, 0.5) is 11.8 Å². The van der Waals surface area contributed by atoms with Gasteiger partial charge in [-0.2, -0.15) is 5.10 Å². The molecule has 188 valence electrons. The number of nitrogens with zero attached hydrogens (tertiary/aromatic N) is 5. The van der Waals surface area contributed by atoms with Crippen molar-refractivity contribution in [1.29, 1.82) is 0 Å². The summed E-state index contributed by atoms with van der Waals surface area (Å²) in [6, 6.07) is 11.7. The van der Waals surface area contributed by atoms with Crippen molar-refractivity contribution in [2.45, 2.75) is 52.0 Å². The first-order valence-electron chi connectivity index (χ1n) is 12.2. The Bertz CT molecular complexity index is 1410. The van der Waals surface area contributed by atoms with Gasteiger partial charge in [-0.05, 0) is 31.5 Å². The monoisotopic (exact) mass is 488 g/mol. The van der Waals surface area contributed by atoms with Gasteiger partial charge in [-0.15, -0.1) is 0 Å². The predicted molar refractivity (Wildman–Crippen MR) is 138 cm³/mol. The fourth-order valence-corrected chi connectivity index (χ4v) is 4.31. The van der Waals surface area contributed by atoms with Crippen LogP contribution in [0.2, 0.25) is 0 Å². The number of carbonyl (C=O) groups excluding carboxylic acids is 1. The Morgan fingerprint density at radius 1 is 1.19 bits per heavy atom. The average molecular weight is 489 g/mol. The number of pyridine rings is 1. The fraction of sp³-hybridized carbons (Fsp3) is 0.407. The second-order valence-corrected chi connectivity index (χ2v) is 10.4. The molecule has 1 fully saturated rings. The van der Waals surface area contributed by atoms with E-state index in [2.05, 4.69) is 37.1 Å². The number of hydrogen-bond acceptors (Lipinski definition) is 7. The highest BCUT2D eigenvalue weighted by atomic mass is 16.5. The predicted octanol–water partition coefficient (Wildman–Crippen LogP) is 5.09. The molecule has 4 heterocycles. The van der Waals surface area contributed by atoms with Crippen molar-refractivity contribution in [3.8, 4) is 11.5 Å². The fourth-order valence-electron chi connectivity index (χ4n) is 4.31. The van der Waals surface area contributed by atoms with Crippen LogP contribution < -0.4 is 10.1 Å². The highest BCUT2D eigenvalue weighted by molar-refractivity contribution is 5.81. The van der Waals surface area contributed by atoms with Gasteiger partial charge in [0, 0.05) is 49.9 Å². The number of benzene rings is 1. The number of ketones is 1. The maximum atomic E-state index is 11.4. The Labute approximate surface area is 210 Å². The zero-order chi connectivity index (χ0) is 25.4. The van der Waals surface area contributed by atoms with Crippen LogP contribution in [0.15, 0.2) is 42.6 Å². The van der Waals surface area contributed by atoms with Crippen LogP contribution >= 0.6 is 0 Å². The SMILES string of the molecule is CC(=O)Cc1cc(Oc2ccc3nc(Nc4cc(C(C)(C)C)nn4[C@H]4CCOC4)n(C)c3c2)ccn1. The van der Waals surface area contributed by atoms with E-state index in [1.165, 1.54) is 0 Å². The molecule has 1 atom stereocenters. The lowest BCUT2D eigenvalue weighted by molar-refractivity contribution is -0.116. The molecule has 9 heteroatoms. The standard InChI is InChI=1S/C27H32N6O3/c1-17(34)12-18-13-21(8-10-28-18)36-20-6-7-22-23(14-20)32(5)26(29-22)30-25-15-24(27(2,3)4)31-33(25)19-9-11-35-16-19/h6-8,10,13-15,19H,9,11-12,16H2,1-5H3,(H,29,30)/t19-/m0/s1. The Morgan fingerprint density at radius 3 is 2.72 bits per heavy atom. The highest BCUT2D eigenvalue weighted by Gasteiger charge is 2.26. The smallest absolute Gasteiger partial charge is 0.209 e. The number of anilines is 2. The average Bonchev–Trinajstić information content (AvgIpc) is 3.54. The molecule has 1 saturated heterocycles. The maximum absolute atomic E-state index is 11.4. The summed E-state index contributed by atoms with van der Waals surface area (Å²) >= 11 is 0. The third kappa shape index (κ3) is 4.97. The first-order valence-corrected chi connectivity index (χ1v) is 12.2. The first-order chi connectivity index (χ1) is 17.2. The third-order valence-electron chi connectivity index (χ3n) is 6.30. The van der Waals surface area contributed by atoms with Gasteiger partial charge >= 0.3 is 0 Å². The Hall–Kier alpha value is -3.72. The number of aryl methyl sites for hydroxylation is 1. The topological polar surface area (TPSA) is 96.1 Å². The first kappa shape index (κ1) is 24.0. The summed E-state index contributed by atoms with van der Waals surface area (Å²) in [6.45, 7) is 9.45. The summed E-state index contributed by atoms with van der Waals surface area (Å²) in [4.78, 5) is 20.5. The second-order valence-electron chi connectivity index (χ2n) is 10.4. The Balaban J connectivity index is 1.43. The zero-order valence-electron chi connectivity index (χ0n) is 21.4. The molecule has 3 aromatic heterocycles. The van der Waals surface area contributed by atoms with E-state index >= 15 is 0 Å². The molecule has 0 amide bonds. The number of ether oxygens (including phenoxy) is 2. The van der Waals surface area contributed by atoms with Gasteiger partial charge in [-0.3, -0.25) is 9.78 Å². The van der Waals surface area contributed by atoms with E-state index in [0.717, 1.165) is 41.5 Å². The van der Waals surface area contributed by atoms with Gasteiger partial charge in [0.15, 0.2) is 0 Å². The molecule has 1 N–H and O–H groups in total. The molecule has 1 aromatic carbocycles. The van der Waals surface area contributed by atoms with E-state index in [0.29, 0.717) is 23.8 Å². The van der Waals surface area contributed by atoms with E-state index in [-0.39, 0.29) is 23.7 Å². The second kappa shape index (κ2) is 9.39. The number of imidazole rings is 1. The van der Waals surface area contributed by atoms with Crippen LogP contribution in [-0.2, 0) is 28.4 Å². The largest absolute Gasteiger partial charge is 0.457 e. The molecule has 4 aromatic rings. The number of rotatable bonds is 7. The van der Waals surface area contributed by atoms with Gasteiger partial charge < -0.3 is 19.4 Å². The number of hydrogen-bond donors (Lipinski definition) is 1. The quantitative estimate of drug-likeness (QED) is 0.387. The molecular weight excluding hydrogens is 456 g/mol. The van der Waals surface area contributed by atoms with Crippen molar-refractivity contribution in [3.63, 3.8) is 0 Å². The van der Waals surface area contributed by atoms with Gasteiger partial charge in [-0.1, -0.05) is 20.8 Å². The van der Waals surface area contributed by atoms with Crippen molar-refractivity contribution in [1.82, 2.24) is 24.3 Å². The number of carbonyl (C=O) groups is 1. The molecule has 0 saturated carbocycles. The summed E-state index contributed by atoms with van der Waals surface area (Å²) in [5.41, 5.74) is 3.42. The Morgan fingerprint density at radius 2 is 2.00 bits per heavy atom. The lowest BCUT2D eigenvalue weighted by Crippen LogP contribution is -2.16. The van der Waals surface area contributed by atoms with Crippen LogP contribution in [0.1, 0.15) is 51.5 Å². The van der Waals surface area contributed by atoms with Crippen molar-refractivity contribution >= 4 is 28.6 Å². The van der Waals surface area contributed by atoms with Crippen LogP contribution in [-0.4, -0.2) is 43.3 Å². The highest BCUT2D eigenvalue weighted by Crippen LogP contribution is 2.32. The van der Waals surface area contributed by atoms with E-state index in [1.807, 2.05) is 34.5 Å². The van der Waals surface area contributed by atoms with E-state index in [4.69, 9.17) is 19.6 Å². The van der Waals surface area contributed by atoms with Crippen LogP contribution in [0, 0.1) is 0 Å². The molecule has 5 rings (SSSR count). The van der Waals surface area contributed by atoms with Gasteiger partial charge in [0.2, 0.25) is 5.95 Å². The van der Waals surface area contributed by atoms with Crippen molar-refractivity contribution in [2.75, 3.05) is 18.5 Å². The lowest BCUT2D eigenvalue weighted by Gasteiger charge is -2.15. The minimum absolute atomic E-state index is 0.0624. The third-order valence-corrected chi connectivity index (χ3v) is 6.30. The molecule has 0 spiro atoms. The van der Waals surface area contributed by atoms with Gasteiger partial charge in [0.1, 0.15) is 23.1 Å². The molecule has 0 unspecified atom stereocenters. The van der Waals surface area contributed by atoms with Crippen molar-refractivity contribution in [2.24, 2.45) is 7.05 Å². The lowest BCUT2D eigenvalue weighted by atomic mass is 9.92. The van der Waals surface area contributed by atoms with Crippen molar-refractivity contribution < 1.29 is 14.3 Å². The normalized spacial score (nSPS) is 16.0. The minimum Gasteiger partial charge on any atom is -0.457 e. The summed E-state index contributed by atoms with van der Waals surface area (Å²) in [7, 11) is 1.98. The molecular formula is C27H32N6O3. The van der Waals surface area contributed by atoms with E-state index in [9.17, 15) is 4.79 Å². The summed E-state index contributed by atoms with van der Waals surface area (Å²) in [6.07, 6.45) is 2.88. The summed E-state index contributed by atoms with van der Waals surface area (Å²) < 4.78 is 15.8. The molecule has 9 nitrogen and oxygen atoms in total. The van der Waals surface area contributed by atoms with Gasteiger partial charge in [0.25, 0.3) is 0 Å². The van der Waals surface area contributed by atoms with Gasteiger partial charge in [-0.25, -0.2) is 9.67 Å². The number of Topliss-reactive ketones (excluding diaryl/α,β-unsaturated/α-hetero) is 1. The van der Waals surface area contributed by atoms with E-state index < -0.39 is 0 Å². The van der Waals surface area contributed by atoms with Crippen LogP contribution in [0.25, 0.3) is 11.0 Å². The Kier molecular flexibility index (Phi) is 6.26. The number of nitrogens with one attached hydrogen (secondary N) is 1. The summed E-state index contributed by atoms with van der Waals surface area (Å²) in [5, 5.41) is 8.43. The number of aromatic nitrogens is 5. The molecule has 36 heavy (non-hydrogen) atoms. The zero-order valence-corrected chi connectivity index (χ0v) is 21.4. The number of fused-ring (bicyclic) bond motifs is 1. The molecule has 1 aliphatic heterocycles. The molecule has 1 aliphatic rings.